The van der Waals surface area contributed by atoms with E-state index in [4.69, 9.17) is 47.6 Å². The van der Waals surface area contributed by atoms with Crippen LogP contribution in [0.2, 0.25) is 0 Å². The fraction of sp³-hybridized carbons (Fsp3) is 0.538. The van der Waals surface area contributed by atoms with E-state index in [0.29, 0.717) is 155 Å². The lowest BCUT2D eigenvalue weighted by Crippen LogP contribution is -2.37. The van der Waals surface area contributed by atoms with E-state index < -0.39 is 0 Å². The van der Waals surface area contributed by atoms with E-state index >= 15 is 0 Å². The minimum Gasteiger partial charge on any atom is -0.493 e. The van der Waals surface area contributed by atoms with Crippen LogP contribution < -0.4 is 29.6 Å². The third kappa shape index (κ3) is 13.4. The van der Waals surface area contributed by atoms with E-state index in [-0.39, 0.29) is 49.1 Å². The number of nitrogens with zero attached hydrogens (tertiary/aromatic N) is 4. The van der Waals surface area contributed by atoms with Gasteiger partial charge in [0, 0.05) is 70.7 Å². The number of hydrogen-bond donors (Lipinski definition) is 2. The van der Waals surface area contributed by atoms with Crippen molar-refractivity contribution in [3.8, 4) is 23.0 Å². The molecule has 1 unspecified atom stereocenters. The van der Waals surface area contributed by atoms with Gasteiger partial charge in [-0.1, -0.05) is 23.3 Å². The van der Waals surface area contributed by atoms with Gasteiger partial charge in [0.15, 0.2) is 23.0 Å². The largest absolute Gasteiger partial charge is 0.493 e. The summed E-state index contributed by atoms with van der Waals surface area (Å²) in [5.41, 5.74) is 5.36. The Morgan fingerprint density at radius 1 is 0.800 bits per heavy atom. The Balaban J connectivity index is 1.06. The molecule has 0 bridgehead atoms. The van der Waals surface area contributed by atoms with E-state index in [2.05, 4.69) is 27.7 Å². The Kier molecular flexibility index (Phi) is 19.0. The van der Waals surface area contributed by atoms with Gasteiger partial charge in [0.1, 0.15) is 25.6 Å². The Labute approximate surface area is 411 Å². The summed E-state index contributed by atoms with van der Waals surface area (Å²) < 4.78 is 52.6. The highest BCUT2D eigenvalue weighted by atomic mass is 16.5. The van der Waals surface area contributed by atoms with Crippen LogP contribution in [0.1, 0.15) is 67.2 Å². The summed E-state index contributed by atoms with van der Waals surface area (Å²) >= 11 is 0. The van der Waals surface area contributed by atoms with Crippen molar-refractivity contribution < 1.29 is 57.0 Å². The second-order valence-corrected chi connectivity index (χ2v) is 17.5. The van der Waals surface area contributed by atoms with Crippen LogP contribution >= 0.6 is 0 Å². The van der Waals surface area contributed by atoms with E-state index in [1.54, 1.807) is 46.5 Å². The summed E-state index contributed by atoms with van der Waals surface area (Å²) in [4.78, 5) is 50.4. The van der Waals surface area contributed by atoms with Crippen molar-refractivity contribution in [2.75, 3.05) is 125 Å². The first-order valence-electron chi connectivity index (χ1n) is 24.4. The molecule has 2 fully saturated rings. The number of carbonyl (C=O) groups is 3. The summed E-state index contributed by atoms with van der Waals surface area (Å²) in [6.07, 6.45) is 12.4. The van der Waals surface area contributed by atoms with Crippen LogP contribution in [-0.4, -0.2) is 177 Å². The molecule has 380 valence electrons. The highest BCUT2D eigenvalue weighted by molar-refractivity contribution is 6.04. The number of fused-ring (bicyclic) bond motifs is 4. The predicted molar refractivity (Wildman–Crippen MR) is 265 cm³/mol. The first kappa shape index (κ1) is 51.8. The lowest BCUT2D eigenvalue weighted by atomic mass is 10.1. The SMILES string of the molecule is C/C=C1\C[C@H]2CNc3cc(OCC4C=C(OCCN(CCCC(=O)OCC)CCOCCOCCOC)C=C(COc5cc6c(cc5OC)C(=O)N5C/C(=C/C)C[C@H]5C=N6)N4)c(OC)cc3C(=O)N2C1. The third-order valence-corrected chi connectivity index (χ3v) is 12.9. The van der Waals surface area contributed by atoms with Gasteiger partial charge >= 0.3 is 5.97 Å². The summed E-state index contributed by atoms with van der Waals surface area (Å²) in [5, 5.41) is 7.04. The van der Waals surface area contributed by atoms with Gasteiger partial charge < -0.3 is 63.1 Å². The zero-order valence-electron chi connectivity index (χ0n) is 41.6. The monoisotopic (exact) mass is 971 g/mol. The number of amides is 2. The average Bonchev–Trinajstić information content (AvgIpc) is 3.94. The quantitative estimate of drug-likeness (QED) is 0.0665. The molecule has 2 aromatic rings. The molecule has 5 aliphatic rings. The van der Waals surface area contributed by atoms with Crippen LogP contribution in [0.15, 0.2) is 76.2 Å². The Morgan fingerprint density at radius 2 is 1.50 bits per heavy atom. The fourth-order valence-corrected chi connectivity index (χ4v) is 9.06. The molecule has 0 aliphatic carbocycles. The fourth-order valence-electron chi connectivity index (χ4n) is 9.06. The van der Waals surface area contributed by atoms with E-state index in [0.717, 1.165) is 12.8 Å². The van der Waals surface area contributed by atoms with Gasteiger partial charge in [0.2, 0.25) is 0 Å². The average molecular weight is 971 g/mol. The number of carbonyl (C=O) groups excluding carboxylic acids is 3. The van der Waals surface area contributed by atoms with Crippen molar-refractivity contribution >= 4 is 35.4 Å². The van der Waals surface area contributed by atoms with Gasteiger partial charge in [0.05, 0.1) is 100 Å². The maximum Gasteiger partial charge on any atom is 0.305 e. The van der Waals surface area contributed by atoms with Crippen molar-refractivity contribution in [2.45, 2.75) is 64.6 Å². The Bertz CT molecular complexity index is 2310. The number of methoxy groups -OCH3 is 3. The van der Waals surface area contributed by atoms with Crippen molar-refractivity contribution in [2.24, 2.45) is 4.99 Å². The molecule has 5 aliphatic heterocycles. The van der Waals surface area contributed by atoms with E-state index in [9.17, 15) is 14.4 Å². The number of rotatable bonds is 26. The Morgan fingerprint density at radius 3 is 2.26 bits per heavy atom. The first-order valence-corrected chi connectivity index (χ1v) is 24.4. The number of aliphatic imine (C=N–C) groups is 1. The maximum atomic E-state index is 13.8. The molecule has 18 nitrogen and oxygen atoms in total. The molecule has 3 atom stereocenters. The molecule has 2 amide bonds. The molecule has 5 heterocycles. The van der Waals surface area contributed by atoms with Gasteiger partial charge in [-0.15, -0.1) is 0 Å². The number of nitrogens with one attached hydrogen (secondary N) is 2. The molecule has 70 heavy (non-hydrogen) atoms. The van der Waals surface area contributed by atoms with Crippen LogP contribution in [0.25, 0.3) is 0 Å². The zero-order valence-corrected chi connectivity index (χ0v) is 41.6. The van der Waals surface area contributed by atoms with Crippen LogP contribution in [0, 0.1) is 0 Å². The minimum absolute atomic E-state index is 0.0404. The molecule has 0 radical (unpaired) electrons. The first-order chi connectivity index (χ1) is 34.1. The second kappa shape index (κ2) is 25.7. The third-order valence-electron chi connectivity index (χ3n) is 12.9. The van der Waals surface area contributed by atoms with Gasteiger partial charge in [-0.3, -0.25) is 24.3 Å². The molecule has 2 aromatic carbocycles. The van der Waals surface area contributed by atoms with Gasteiger partial charge in [-0.25, -0.2) is 0 Å². The number of benzene rings is 2. The number of allylic oxidation sites excluding steroid dienone is 3. The van der Waals surface area contributed by atoms with E-state index in [1.807, 2.05) is 48.1 Å². The molecular weight excluding hydrogens is 901 g/mol. The molecule has 0 spiro atoms. The predicted octanol–water partition coefficient (Wildman–Crippen LogP) is 5.71. The highest BCUT2D eigenvalue weighted by Gasteiger charge is 2.37. The topological polar surface area (TPSA) is 180 Å². The minimum atomic E-state index is -0.381. The highest BCUT2D eigenvalue weighted by Crippen LogP contribution is 2.40. The van der Waals surface area contributed by atoms with Crippen LogP contribution in [0.5, 0.6) is 23.0 Å². The molecule has 18 heteroatoms. The number of hydrogen-bond acceptors (Lipinski definition) is 16. The van der Waals surface area contributed by atoms with Crippen molar-refractivity contribution in [3.63, 3.8) is 0 Å². The molecule has 0 saturated carbocycles. The van der Waals surface area contributed by atoms with Crippen molar-refractivity contribution in [1.29, 1.82) is 0 Å². The van der Waals surface area contributed by atoms with Gasteiger partial charge in [0.25, 0.3) is 11.8 Å². The van der Waals surface area contributed by atoms with Gasteiger partial charge in [-0.05, 0) is 64.8 Å². The molecule has 2 saturated heterocycles. The zero-order chi connectivity index (χ0) is 49.4. The van der Waals surface area contributed by atoms with Crippen LogP contribution in [-0.2, 0) is 28.5 Å². The summed E-state index contributed by atoms with van der Waals surface area (Å²) in [7, 11) is 4.75. The normalized spacial score (nSPS) is 20.4. The summed E-state index contributed by atoms with van der Waals surface area (Å²) in [6, 6.07) is 6.61. The van der Waals surface area contributed by atoms with Crippen LogP contribution in [0.3, 0.4) is 0 Å². The van der Waals surface area contributed by atoms with E-state index in [1.165, 1.54) is 11.1 Å². The number of dihydropyridines is 1. The van der Waals surface area contributed by atoms with Crippen LogP contribution in [0.4, 0.5) is 11.4 Å². The Hall–Kier alpha value is -6.08. The smallest absolute Gasteiger partial charge is 0.305 e. The standard InChI is InChI=1S/C52H70N6O12/c1-7-35-21-39-29-53-44-27-48(46(63-5)25-42(44)51(60)57(39)31-35)69-33-37-23-41(68-16-14-56(12-10-11-50(59)67-9-3)13-15-65-19-20-66-18-17-62-4)24-38(55-37)34-70-49-28-45-43(26-47(49)64-6)52(61)58-32-36(8-2)22-40(58)30-54-45/h7-8,23-29,38-40,54-55H,9-22,30-34H2,1-6H3/b35-7+,36-8+/t38?,39-,40-/m0/s1. The summed E-state index contributed by atoms with van der Waals surface area (Å²) in [5.74, 6) is 2.00. The number of ether oxygens (including phenoxy) is 9. The van der Waals surface area contributed by atoms with Crippen molar-refractivity contribution in [1.82, 2.24) is 20.0 Å². The lowest BCUT2D eigenvalue weighted by Gasteiger charge is -2.27. The molecule has 7 rings (SSSR count). The number of anilines is 1. The summed E-state index contributed by atoms with van der Waals surface area (Å²) in [6.45, 7) is 12.8. The number of esters is 1. The van der Waals surface area contributed by atoms with Crippen molar-refractivity contribution in [3.05, 3.63) is 82.3 Å². The maximum absolute atomic E-state index is 13.8. The van der Waals surface area contributed by atoms with Gasteiger partial charge in [-0.2, -0.15) is 0 Å². The molecule has 2 N–H and O–H groups in total. The second-order valence-electron chi connectivity index (χ2n) is 17.5. The molecular formula is C52H70N6O12. The lowest BCUT2D eigenvalue weighted by molar-refractivity contribution is -0.143. The molecule has 0 aromatic heterocycles.